The van der Waals surface area contributed by atoms with Crippen molar-refractivity contribution < 1.29 is 19.5 Å². The fourth-order valence-corrected chi connectivity index (χ4v) is 3.40. The molecule has 27 heavy (non-hydrogen) atoms. The lowest BCUT2D eigenvalue weighted by Gasteiger charge is -2.06. The number of amides is 1. The average Bonchev–Trinajstić information content (AvgIpc) is 2.92. The monoisotopic (exact) mass is 360 g/mol. The summed E-state index contributed by atoms with van der Waals surface area (Å²) in [5.74, 6) is -2.34. The van der Waals surface area contributed by atoms with Crippen LogP contribution in [0.25, 0.3) is 10.8 Å². The lowest BCUT2D eigenvalue weighted by atomic mass is 9.99. The molecule has 6 heteroatoms. The number of hydrogen-bond donors (Lipinski definition) is 2. The topological polar surface area (TPSA) is 95.8 Å². The van der Waals surface area contributed by atoms with Crippen molar-refractivity contribution in [3.63, 3.8) is 0 Å². The second-order valence-electron chi connectivity index (χ2n) is 6.48. The molecular weight excluding hydrogens is 344 g/mol. The van der Waals surface area contributed by atoms with Gasteiger partial charge in [-0.05, 0) is 35.7 Å². The Balaban J connectivity index is 1.50. The third-order valence-corrected chi connectivity index (χ3v) is 4.80. The van der Waals surface area contributed by atoms with E-state index in [9.17, 15) is 19.5 Å². The van der Waals surface area contributed by atoms with E-state index in [0.717, 1.165) is 23.4 Å². The number of nitrogens with one attached hydrogen (secondary N) is 1. The minimum Gasteiger partial charge on any atom is -0.507 e. The van der Waals surface area contributed by atoms with Crippen LogP contribution in [-0.4, -0.2) is 28.8 Å². The molecule has 0 heterocycles. The number of carbonyl (C=O) groups is 3. The molecule has 0 aromatic heterocycles. The van der Waals surface area contributed by atoms with Crippen molar-refractivity contribution in [2.24, 2.45) is 11.0 Å². The number of benzene rings is 2. The molecule has 6 nitrogen and oxygen atoms in total. The number of hydrazone groups is 1. The number of carbonyl (C=O) groups excluding carboxylic acids is 3. The molecular formula is C21H16N2O4. The summed E-state index contributed by atoms with van der Waals surface area (Å²) < 4.78 is 0. The number of nitrogens with zero attached hydrogens (tertiary/aromatic N) is 1. The number of hydrogen-bond acceptors (Lipinski definition) is 5. The minimum absolute atomic E-state index is 0.0651. The second-order valence-corrected chi connectivity index (χ2v) is 6.48. The Labute approximate surface area is 154 Å². The largest absolute Gasteiger partial charge is 0.507 e. The van der Waals surface area contributed by atoms with E-state index < -0.39 is 11.8 Å². The van der Waals surface area contributed by atoms with Crippen LogP contribution < -0.4 is 5.43 Å². The number of Topliss-reactive ketones (excluding diaryl/α,β-unsaturated/α-hetero) is 2. The van der Waals surface area contributed by atoms with Gasteiger partial charge in [-0.1, -0.05) is 36.4 Å². The molecule has 1 atom stereocenters. The summed E-state index contributed by atoms with van der Waals surface area (Å²) in [6, 6.07) is 10.4. The highest BCUT2D eigenvalue weighted by Crippen LogP contribution is 2.31. The van der Waals surface area contributed by atoms with Crippen molar-refractivity contribution >= 4 is 34.5 Å². The first kappa shape index (κ1) is 16.9. The molecule has 0 fully saturated rings. The van der Waals surface area contributed by atoms with Crippen LogP contribution in [0.4, 0.5) is 0 Å². The normalized spacial score (nSPS) is 19.2. The van der Waals surface area contributed by atoms with Gasteiger partial charge in [0.15, 0.2) is 11.6 Å². The zero-order valence-electron chi connectivity index (χ0n) is 14.3. The summed E-state index contributed by atoms with van der Waals surface area (Å²) in [6.07, 6.45) is 6.00. The van der Waals surface area contributed by atoms with E-state index in [2.05, 4.69) is 10.5 Å². The Morgan fingerprint density at radius 3 is 2.63 bits per heavy atom. The van der Waals surface area contributed by atoms with Gasteiger partial charge in [0, 0.05) is 17.4 Å². The van der Waals surface area contributed by atoms with E-state index in [1.165, 1.54) is 6.07 Å². The molecule has 0 saturated heterocycles. The standard InChI is InChI=1S/C21H16N2O4/c24-18-10-13-6-2-1-5-12(13)9-16(18)21(27)23-22-11-17-19(25)14-7-3-4-8-15(14)20(17)26/h1-3,5-7,9-11,17,24H,4,8H2,(H,23,27)/b22-11+. The summed E-state index contributed by atoms with van der Waals surface area (Å²) in [6.45, 7) is 0. The van der Waals surface area contributed by atoms with Crippen LogP contribution in [0.15, 0.2) is 64.8 Å². The molecule has 0 radical (unpaired) electrons. The maximum Gasteiger partial charge on any atom is 0.275 e. The molecule has 2 aromatic rings. The van der Waals surface area contributed by atoms with Gasteiger partial charge in [-0.2, -0.15) is 5.10 Å². The first-order valence-electron chi connectivity index (χ1n) is 8.59. The lowest BCUT2D eigenvalue weighted by molar-refractivity contribution is -0.123. The molecule has 134 valence electrons. The van der Waals surface area contributed by atoms with Crippen LogP contribution in [0.3, 0.4) is 0 Å². The molecule has 2 aliphatic carbocycles. The summed E-state index contributed by atoms with van der Waals surface area (Å²) in [7, 11) is 0. The van der Waals surface area contributed by atoms with Crippen LogP contribution in [0, 0.1) is 5.92 Å². The third-order valence-electron chi connectivity index (χ3n) is 4.80. The zero-order chi connectivity index (χ0) is 19.0. The van der Waals surface area contributed by atoms with Gasteiger partial charge < -0.3 is 5.11 Å². The third kappa shape index (κ3) is 2.95. The molecule has 2 N–H and O–H groups in total. The van der Waals surface area contributed by atoms with Gasteiger partial charge in [-0.3, -0.25) is 14.4 Å². The number of phenolic OH excluding ortho intramolecular Hbond substituents is 1. The lowest BCUT2D eigenvalue weighted by Crippen LogP contribution is -2.23. The summed E-state index contributed by atoms with van der Waals surface area (Å²) in [4.78, 5) is 37.0. The van der Waals surface area contributed by atoms with Gasteiger partial charge in [-0.25, -0.2) is 5.43 Å². The highest BCUT2D eigenvalue weighted by molar-refractivity contribution is 6.32. The van der Waals surface area contributed by atoms with Gasteiger partial charge in [0.25, 0.3) is 5.91 Å². The number of allylic oxidation sites excluding steroid dienone is 4. The fraction of sp³-hybridized carbons (Fsp3) is 0.143. The quantitative estimate of drug-likeness (QED) is 0.500. The molecule has 2 aromatic carbocycles. The summed E-state index contributed by atoms with van der Waals surface area (Å²) in [5, 5.41) is 15.5. The smallest absolute Gasteiger partial charge is 0.275 e. The van der Waals surface area contributed by atoms with E-state index in [0.29, 0.717) is 17.6 Å². The molecule has 0 spiro atoms. The van der Waals surface area contributed by atoms with E-state index in [1.54, 1.807) is 12.1 Å². The molecule has 0 bridgehead atoms. The Hall–Kier alpha value is -3.54. The zero-order valence-corrected chi connectivity index (χ0v) is 14.3. The number of ketones is 2. The highest BCUT2D eigenvalue weighted by atomic mass is 16.3. The van der Waals surface area contributed by atoms with Crippen molar-refractivity contribution in [2.75, 3.05) is 0 Å². The van der Waals surface area contributed by atoms with Crippen LogP contribution in [0.2, 0.25) is 0 Å². The predicted octanol–water partition coefficient (Wildman–Crippen LogP) is 2.68. The van der Waals surface area contributed by atoms with Crippen molar-refractivity contribution in [1.82, 2.24) is 5.43 Å². The molecule has 0 saturated carbocycles. The number of phenols is 1. The first-order valence-corrected chi connectivity index (χ1v) is 8.59. The van der Waals surface area contributed by atoms with Gasteiger partial charge >= 0.3 is 0 Å². The number of fused-ring (bicyclic) bond motifs is 1. The van der Waals surface area contributed by atoms with E-state index in [4.69, 9.17) is 0 Å². The Morgan fingerprint density at radius 2 is 1.89 bits per heavy atom. The fourth-order valence-electron chi connectivity index (χ4n) is 3.40. The molecule has 1 amide bonds. The van der Waals surface area contributed by atoms with Crippen molar-refractivity contribution in [1.29, 1.82) is 0 Å². The highest BCUT2D eigenvalue weighted by Gasteiger charge is 2.39. The van der Waals surface area contributed by atoms with Crippen LogP contribution >= 0.6 is 0 Å². The molecule has 4 rings (SSSR count). The first-order chi connectivity index (χ1) is 13.1. The second kappa shape index (κ2) is 6.64. The average molecular weight is 360 g/mol. The Kier molecular flexibility index (Phi) is 4.16. The van der Waals surface area contributed by atoms with Gasteiger partial charge in [-0.15, -0.1) is 0 Å². The van der Waals surface area contributed by atoms with Gasteiger partial charge in [0.2, 0.25) is 0 Å². The van der Waals surface area contributed by atoms with Crippen molar-refractivity contribution in [3.8, 4) is 5.75 Å². The molecule has 1 unspecified atom stereocenters. The summed E-state index contributed by atoms with van der Waals surface area (Å²) >= 11 is 0. The minimum atomic E-state index is -0.997. The van der Waals surface area contributed by atoms with Crippen LogP contribution in [-0.2, 0) is 9.59 Å². The molecule has 2 aliphatic rings. The van der Waals surface area contributed by atoms with Gasteiger partial charge in [0.1, 0.15) is 11.7 Å². The van der Waals surface area contributed by atoms with Crippen molar-refractivity contribution in [2.45, 2.75) is 12.8 Å². The van der Waals surface area contributed by atoms with Gasteiger partial charge in [0.05, 0.1) is 5.56 Å². The Morgan fingerprint density at radius 1 is 1.15 bits per heavy atom. The van der Waals surface area contributed by atoms with Crippen LogP contribution in [0.1, 0.15) is 23.2 Å². The van der Waals surface area contributed by atoms with E-state index in [-0.39, 0.29) is 22.9 Å². The van der Waals surface area contributed by atoms with Crippen LogP contribution in [0.5, 0.6) is 5.75 Å². The predicted molar refractivity (Wildman–Crippen MR) is 100 cm³/mol. The summed E-state index contributed by atoms with van der Waals surface area (Å²) in [5.41, 5.74) is 3.33. The van der Waals surface area contributed by atoms with E-state index in [1.807, 2.05) is 30.3 Å². The Bertz CT molecular complexity index is 1080. The number of rotatable bonds is 3. The number of aromatic hydroxyl groups is 1. The maximum atomic E-state index is 12.3. The SMILES string of the molecule is O=C(N/N=C/C1C(=O)C2=C(CCC=C2)C1=O)c1cc2ccccc2cc1O. The molecule has 0 aliphatic heterocycles. The van der Waals surface area contributed by atoms with Crippen molar-refractivity contribution in [3.05, 3.63) is 65.3 Å². The maximum absolute atomic E-state index is 12.3. The van der Waals surface area contributed by atoms with E-state index >= 15 is 0 Å².